The van der Waals surface area contributed by atoms with E-state index in [-0.39, 0.29) is 16.6 Å². The highest BCUT2D eigenvalue weighted by Crippen LogP contribution is 2.17. The van der Waals surface area contributed by atoms with Crippen LogP contribution in [0.15, 0.2) is 53.4 Å². The van der Waals surface area contributed by atoms with Gasteiger partial charge in [-0.1, -0.05) is 12.1 Å². The van der Waals surface area contributed by atoms with E-state index in [1.807, 2.05) is 0 Å². The first-order valence-electron chi connectivity index (χ1n) is 8.67. The summed E-state index contributed by atoms with van der Waals surface area (Å²) in [6.07, 6.45) is 0.579. The van der Waals surface area contributed by atoms with Crippen molar-refractivity contribution >= 4 is 15.9 Å². The van der Waals surface area contributed by atoms with Crippen LogP contribution in [0.2, 0.25) is 0 Å². The summed E-state index contributed by atoms with van der Waals surface area (Å²) in [5.41, 5.74) is 1.30. The molecule has 2 aromatic rings. The zero-order valence-corrected chi connectivity index (χ0v) is 15.5. The first-order chi connectivity index (χ1) is 13.0. The minimum absolute atomic E-state index is 0.160. The van der Waals surface area contributed by atoms with E-state index in [1.54, 1.807) is 12.1 Å². The van der Waals surface area contributed by atoms with Gasteiger partial charge < -0.3 is 10.1 Å². The number of halogens is 1. The molecule has 1 aliphatic rings. The number of amides is 1. The summed E-state index contributed by atoms with van der Waals surface area (Å²) < 4.78 is 44.6. The molecule has 8 heteroatoms. The molecule has 6 nitrogen and oxygen atoms in total. The number of rotatable bonds is 6. The molecule has 1 saturated heterocycles. The summed E-state index contributed by atoms with van der Waals surface area (Å²) in [6, 6.07) is 12.0. The monoisotopic (exact) mass is 392 g/mol. The highest BCUT2D eigenvalue weighted by molar-refractivity contribution is 7.89. The molecule has 2 aromatic carbocycles. The van der Waals surface area contributed by atoms with Crippen molar-refractivity contribution in [2.75, 3.05) is 32.8 Å². The van der Waals surface area contributed by atoms with Gasteiger partial charge in [-0.25, -0.2) is 12.8 Å². The zero-order valence-electron chi connectivity index (χ0n) is 14.7. The maximum absolute atomic E-state index is 12.9. The fourth-order valence-corrected chi connectivity index (χ4v) is 4.20. The van der Waals surface area contributed by atoms with E-state index >= 15 is 0 Å². The van der Waals surface area contributed by atoms with Crippen molar-refractivity contribution in [2.45, 2.75) is 11.3 Å². The van der Waals surface area contributed by atoms with Crippen LogP contribution in [-0.2, 0) is 21.2 Å². The molecular formula is C19H21FN2O4S. The Labute approximate surface area is 158 Å². The van der Waals surface area contributed by atoms with Crippen molar-refractivity contribution in [1.29, 1.82) is 0 Å². The number of hydrogen-bond donors (Lipinski definition) is 1. The van der Waals surface area contributed by atoms with E-state index in [4.69, 9.17) is 4.74 Å². The number of nitrogens with one attached hydrogen (secondary N) is 1. The van der Waals surface area contributed by atoms with Crippen LogP contribution in [0, 0.1) is 5.82 Å². The standard InChI is InChI=1S/C19H21FN2O4S/c20-17-5-1-15(2-6-17)9-10-21-19(23)16-3-7-18(8-4-16)27(24,25)22-11-13-26-14-12-22/h1-8H,9-14H2,(H,21,23). The Bertz CT molecular complexity index is 877. The van der Waals surface area contributed by atoms with E-state index in [0.717, 1.165) is 5.56 Å². The fourth-order valence-electron chi connectivity index (χ4n) is 2.79. The van der Waals surface area contributed by atoms with Gasteiger partial charge in [0, 0.05) is 25.2 Å². The molecule has 0 aliphatic carbocycles. The largest absolute Gasteiger partial charge is 0.379 e. The maximum atomic E-state index is 12.9. The minimum atomic E-state index is -3.57. The van der Waals surface area contributed by atoms with Gasteiger partial charge in [-0.2, -0.15) is 4.31 Å². The molecule has 0 unspecified atom stereocenters. The van der Waals surface area contributed by atoms with Gasteiger partial charge in [-0.15, -0.1) is 0 Å². The number of carbonyl (C=O) groups is 1. The van der Waals surface area contributed by atoms with E-state index in [1.165, 1.54) is 40.7 Å². The van der Waals surface area contributed by atoms with E-state index in [0.29, 0.717) is 44.8 Å². The first kappa shape index (κ1) is 19.5. The van der Waals surface area contributed by atoms with Gasteiger partial charge in [0.1, 0.15) is 5.82 Å². The lowest BCUT2D eigenvalue weighted by Gasteiger charge is -2.26. The predicted molar refractivity (Wildman–Crippen MR) is 98.5 cm³/mol. The third-order valence-electron chi connectivity index (χ3n) is 4.34. The van der Waals surface area contributed by atoms with Crippen LogP contribution in [0.4, 0.5) is 4.39 Å². The molecule has 0 atom stereocenters. The van der Waals surface area contributed by atoms with Crippen molar-refractivity contribution in [1.82, 2.24) is 9.62 Å². The quantitative estimate of drug-likeness (QED) is 0.814. The molecule has 3 rings (SSSR count). The van der Waals surface area contributed by atoms with Gasteiger partial charge in [-0.3, -0.25) is 4.79 Å². The molecule has 0 bridgehead atoms. The van der Waals surface area contributed by atoms with Crippen molar-refractivity contribution in [3.05, 3.63) is 65.5 Å². The van der Waals surface area contributed by atoms with Crippen molar-refractivity contribution in [2.24, 2.45) is 0 Å². The van der Waals surface area contributed by atoms with Gasteiger partial charge in [0.05, 0.1) is 18.1 Å². The number of ether oxygens (including phenoxy) is 1. The summed E-state index contributed by atoms with van der Waals surface area (Å²) in [5.74, 6) is -0.581. The molecule has 1 amide bonds. The van der Waals surface area contributed by atoms with Crippen molar-refractivity contribution in [3.63, 3.8) is 0 Å². The average Bonchev–Trinajstić information content (AvgIpc) is 2.70. The predicted octanol–water partition coefficient (Wildman–Crippen LogP) is 1.82. The number of sulfonamides is 1. The first-order valence-corrected chi connectivity index (χ1v) is 10.1. The summed E-state index contributed by atoms with van der Waals surface area (Å²) in [6.45, 7) is 1.82. The SMILES string of the molecule is O=C(NCCc1ccc(F)cc1)c1ccc(S(=O)(=O)N2CCOCC2)cc1. The number of benzene rings is 2. The van der Waals surface area contributed by atoms with Gasteiger partial charge in [0.15, 0.2) is 0 Å². The van der Waals surface area contributed by atoms with Crippen LogP contribution in [0.1, 0.15) is 15.9 Å². The molecule has 27 heavy (non-hydrogen) atoms. The Morgan fingerprint density at radius 2 is 1.67 bits per heavy atom. The van der Waals surface area contributed by atoms with Crippen LogP contribution in [0.25, 0.3) is 0 Å². The lowest BCUT2D eigenvalue weighted by molar-refractivity contribution is 0.0730. The fraction of sp³-hybridized carbons (Fsp3) is 0.316. The van der Waals surface area contributed by atoms with E-state index in [2.05, 4.69) is 5.32 Å². The van der Waals surface area contributed by atoms with Crippen molar-refractivity contribution < 1.29 is 22.3 Å². The third-order valence-corrected chi connectivity index (χ3v) is 6.25. The molecule has 144 valence electrons. The second-order valence-electron chi connectivity index (χ2n) is 6.17. The Morgan fingerprint density at radius 1 is 1.04 bits per heavy atom. The molecule has 0 spiro atoms. The lowest BCUT2D eigenvalue weighted by Crippen LogP contribution is -2.40. The Hall–Kier alpha value is -2.29. The van der Waals surface area contributed by atoms with Gasteiger partial charge in [-0.05, 0) is 48.4 Å². The normalized spacial score (nSPS) is 15.4. The topological polar surface area (TPSA) is 75.7 Å². The summed E-state index contributed by atoms with van der Waals surface area (Å²) in [5, 5.41) is 2.77. The Morgan fingerprint density at radius 3 is 2.30 bits per heavy atom. The molecule has 0 radical (unpaired) electrons. The van der Waals surface area contributed by atoms with Crippen LogP contribution < -0.4 is 5.32 Å². The molecule has 0 saturated carbocycles. The lowest BCUT2D eigenvalue weighted by atomic mass is 10.1. The summed E-state index contributed by atoms with van der Waals surface area (Å²) in [4.78, 5) is 12.4. The van der Waals surface area contributed by atoms with Crippen LogP contribution >= 0.6 is 0 Å². The number of morpholine rings is 1. The highest BCUT2D eigenvalue weighted by Gasteiger charge is 2.26. The molecule has 1 N–H and O–H groups in total. The second kappa shape index (κ2) is 8.60. The van der Waals surface area contributed by atoms with Gasteiger partial charge in [0.25, 0.3) is 5.91 Å². The second-order valence-corrected chi connectivity index (χ2v) is 8.11. The average molecular weight is 392 g/mol. The van der Waals surface area contributed by atoms with Gasteiger partial charge >= 0.3 is 0 Å². The number of hydrogen-bond acceptors (Lipinski definition) is 4. The maximum Gasteiger partial charge on any atom is 0.251 e. The van der Waals surface area contributed by atoms with Crippen molar-refractivity contribution in [3.8, 4) is 0 Å². The highest BCUT2D eigenvalue weighted by atomic mass is 32.2. The zero-order chi connectivity index (χ0) is 19.3. The van der Waals surface area contributed by atoms with E-state index < -0.39 is 10.0 Å². The third kappa shape index (κ3) is 4.91. The number of carbonyl (C=O) groups excluding carboxylic acids is 1. The molecule has 0 aromatic heterocycles. The Balaban J connectivity index is 1.57. The summed E-state index contributed by atoms with van der Waals surface area (Å²) >= 11 is 0. The van der Waals surface area contributed by atoms with E-state index in [9.17, 15) is 17.6 Å². The molecule has 1 fully saturated rings. The number of nitrogens with zero attached hydrogens (tertiary/aromatic N) is 1. The summed E-state index contributed by atoms with van der Waals surface area (Å²) in [7, 11) is -3.57. The minimum Gasteiger partial charge on any atom is -0.379 e. The van der Waals surface area contributed by atoms with Gasteiger partial charge in [0.2, 0.25) is 10.0 Å². The van der Waals surface area contributed by atoms with Crippen LogP contribution in [0.5, 0.6) is 0 Å². The molecule has 1 aliphatic heterocycles. The van der Waals surface area contributed by atoms with Crippen LogP contribution in [0.3, 0.4) is 0 Å². The molecular weight excluding hydrogens is 371 g/mol. The Kier molecular flexibility index (Phi) is 6.20. The molecule has 1 heterocycles. The van der Waals surface area contributed by atoms with Crippen LogP contribution in [-0.4, -0.2) is 51.5 Å². The smallest absolute Gasteiger partial charge is 0.251 e.